The topological polar surface area (TPSA) is 39.1 Å². The van der Waals surface area contributed by atoms with Gasteiger partial charge >= 0.3 is 0 Å². The molecular formula is C15H19N3O. The van der Waals surface area contributed by atoms with Crippen LogP contribution in [0.5, 0.6) is 5.75 Å². The first kappa shape index (κ1) is 12.2. The summed E-state index contributed by atoms with van der Waals surface area (Å²) in [7, 11) is 0. The Bertz CT molecular complexity index is 527. The average Bonchev–Trinajstić information content (AvgIpc) is 2.89. The van der Waals surface area contributed by atoms with Gasteiger partial charge in [-0.25, -0.2) is 4.68 Å². The maximum absolute atomic E-state index is 5.94. The SMILES string of the molecule is Cc1ccc(-n2cc(OC3CCCNC3)cn2)cc1. The molecule has 1 N–H and O–H groups in total. The molecule has 1 aliphatic rings. The number of nitrogens with zero attached hydrogens (tertiary/aromatic N) is 2. The molecule has 0 aliphatic carbocycles. The van der Waals surface area contributed by atoms with E-state index in [-0.39, 0.29) is 6.10 Å². The van der Waals surface area contributed by atoms with Crippen molar-refractivity contribution in [3.63, 3.8) is 0 Å². The molecule has 100 valence electrons. The van der Waals surface area contributed by atoms with Gasteiger partial charge in [-0.2, -0.15) is 5.10 Å². The highest BCUT2D eigenvalue weighted by molar-refractivity contribution is 5.34. The van der Waals surface area contributed by atoms with Crippen LogP contribution in [-0.2, 0) is 0 Å². The van der Waals surface area contributed by atoms with Gasteiger partial charge < -0.3 is 10.1 Å². The predicted molar refractivity (Wildman–Crippen MR) is 74.8 cm³/mol. The predicted octanol–water partition coefficient (Wildman–Crippen LogP) is 2.31. The Morgan fingerprint density at radius 3 is 2.89 bits per heavy atom. The molecule has 4 nitrogen and oxygen atoms in total. The minimum atomic E-state index is 0.268. The van der Waals surface area contributed by atoms with Gasteiger partial charge in [-0.15, -0.1) is 0 Å². The van der Waals surface area contributed by atoms with Crippen LogP contribution < -0.4 is 10.1 Å². The van der Waals surface area contributed by atoms with E-state index in [1.54, 1.807) is 6.20 Å². The number of nitrogens with one attached hydrogen (secondary N) is 1. The van der Waals surface area contributed by atoms with E-state index in [4.69, 9.17) is 4.74 Å². The molecule has 0 bridgehead atoms. The van der Waals surface area contributed by atoms with Crippen molar-refractivity contribution >= 4 is 0 Å². The smallest absolute Gasteiger partial charge is 0.158 e. The molecule has 0 saturated carbocycles. The number of benzene rings is 1. The fourth-order valence-corrected chi connectivity index (χ4v) is 2.32. The average molecular weight is 257 g/mol. The fourth-order valence-electron chi connectivity index (χ4n) is 2.32. The summed E-state index contributed by atoms with van der Waals surface area (Å²) < 4.78 is 7.79. The van der Waals surface area contributed by atoms with Crippen LogP contribution in [0.25, 0.3) is 5.69 Å². The summed E-state index contributed by atoms with van der Waals surface area (Å²) in [5.41, 5.74) is 2.31. The fraction of sp³-hybridized carbons (Fsp3) is 0.400. The van der Waals surface area contributed by atoms with Crippen LogP contribution in [0.15, 0.2) is 36.7 Å². The summed E-state index contributed by atoms with van der Waals surface area (Å²) in [6.07, 6.45) is 6.29. The molecule has 1 atom stereocenters. The lowest BCUT2D eigenvalue weighted by atomic mass is 10.1. The number of aromatic nitrogens is 2. The van der Waals surface area contributed by atoms with Gasteiger partial charge in [0.2, 0.25) is 0 Å². The Kier molecular flexibility index (Phi) is 3.51. The van der Waals surface area contributed by atoms with Gasteiger partial charge in [0.1, 0.15) is 6.10 Å². The van der Waals surface area contributed by atoms with Gasteiger partial charge in [0.05, 0.1) is 18.1 Å². The zero-order valence-corrected chi connectivity index (χ0v) is 11.2. The molecule has 1 aromatic carbocycles. The summed E-state index contributed by atoms with van der Waals surface area (Å²) in [5, 5.41) is 7.70. The van der Waals surface area contributed by atoms with Gasteiger partial charge in [-0.3, -0.25) is 0 Å². The highest BCUT2D eigenvalue weighted by Gasteiger charge is 2.15. The van der Waals surface area contributed by atoms with Crippen LogP contribution in [0, 0.1) is 6.92 Å². The summed E-state index contributed by atoms with van der Waals surface area (Å²) in [5.74, 6) is 0.842. The Hall–Kier alpha value is -1.81. The molecule has 1 saturated heterocycles. The van der Waals surface area contributed by atoms with E-state index in [0.717, 1.165) is 30.9 Å². The second-order valence-electron chi connectivity index (χ2n) is 5.04. The summed E-state index contributed by atoms with van der Waals surface area (Å²) in [4.78, 5) is 0. The molecular weight excluding hydrogens is 238 g/mol. The molecule has 1 aromatic heterocycles. The Morgan fingerprint density at radius 1 is 1.32 bits per heavy atom. The van der Waals surface area contributed by atoms with Crippen LogP contribution in [0.4, 0.5) is 0 Å². The molecule has 2 aromatic rings. The third-order valence-corrected chi connectivity index (χ3v) is 3.41. The minimum absolute atomic E-state index is 0.268. The lowest BCUT2D eigenvalue weighted by molar-refractivity contribution is 0.167. The van der Waals surface area contributed by atoms with E-state index in [1.807, 2.05) is 10.9 Å². The van der Waals surface area contributed by atoms with Crippen molar-refractivity contribution < 1.29 is 4.74 Å². The third-order valence-electron chi connectivity index (χ3n) is 3.41. The van der Waals surface area contributed by atoms with Crippen LogP contribution in [0.1, 0.15) is 18.4 Å². The van der Waals surface area contributed by atoms with E-state index >= 15 is 0 Å². The molecule has 0 amide bonds. The first-order chi connectivity index (χ1) is 9.31. The van der Waals surface area contributed by atoms with Crippen LogP contribution in [-0.4, -0.2) is 29.0 Å². The van der Waals surface area contributed by atoms with Gasteiger partial charge in [0.25, 0.3) is 0 Å². The van der Waals surface area contributed by atoms with Crippen molar-refractivity contribution in [1.29, 1.82) is 0 Å². The highest BCUT2D eigenvalue weighted by atomic mass is 16.5. The maximum atomic E-state index is 5.94. The third kappa shape index (κ3) is 2.96. The van der Waals surface area contributed by atoms with Crippen molar-refractivity contribution in [2.75, 3.05) is 13.1 Å². The minimum Gasteiger partial charge on any atom is -0.486 e. The first-order valence-electron chi connectivity index (χ1n) is 6.80. The van der Waals surface area contributed by atoms with E-state index in [0.29, 0.717) is 0 Å². The number of piperidine rings is 1. The number of hydrogen-bond donors (Lipinski definition) is 1. The van der Waals surface area contributed by atoms with E-state index < -0.39 is 0 Å². The molecule has 19 heavy (non-hydrogen) atoms. The van der Waals surface area contributed by atoms with Gasteiger partial charge in [-0.05, 0) is 38.4 Å². The van der Waals surface area contributed by atoms with Crippen LogP contribution >= 0.6 is 0 Å². The Labute approximate surface area is 113 Å². The summed E-state index contributed by atoms with van der Waals surface area (Å²) in [6.45, 7) is 4.11. The molecule has 0 spiro atoms. The summed E-state index contributed by atoms with van der Waals surface area (Å²) in [6, 6.07) is 8.30. The number of ether oxygens (including phenoxy) is 1. The normalized spacial score (nSPS) is 19.3. The largest absolute Gasteiger partial charge is 0.486 e. The zero-order chi connectivity index (χ0) is 13.1. The summed E-state index contributed by atoms with van der Waals surface area (Å²) >= 11 is 0. The monoisotopic (exact) mass is 257 g/mol. The molecule has 2 heterocycles. The standard InChI is InChI=1S/C15H19N3O/c1-12-4-6-13(7-5-12)18-11-15(10-17-18)19-14-3-2-8-16-9-14/h4-7,10-11,14,16H,2-3,8-9H2,1H3. The molecule has 1 aliphatic heterocycles. The highest BCUT2D eigenvalue weighted by Crippen LogP contribution is 2.17. The van der Waals surface area contributed by atoms with Gasteiger partial charge in [0.15, 0.2) is 5.75 Å². The Balaban J connectivity index is 1.70. The van der Waals surface area contributed by atoms with Crippen molar-refractivity contribution in [2.24, 2.45) is 0 Å². The Morgan fingerprint density at radius 2 is 2.16 bits per heavy atom. The zero-order valence-electron chi connectivity index (χ0n) is 11.2. The van der Waals surface area contributed by atoms with E-state index in [1.165, 1.54) is 12.0 Å². The van der Waals surface area contributed by atoms with Crippen molar-refractivity contribution in [3.05, 3.63) is 42.2 Å². The lowest BCUT2D eigenvalue weighted by Gasteiger charge is -2.22. The van der Waals surface area contributed by atoms with Crippen molar-refractivity contribution in [1.82, 2.24) is 15.1 Å². The lowest BCUT2D eigenvalue weighted by Crippen LogP contribution is -2.37. The molecule has 4 heteroatoms. The number of rotatable bonds is 3. The molecule has 3 rings (SSSR count). The molecule has 0 radical (unpaired) electrons. The second-order valence-corrected chi connectivity index (χ2v) is 5.04. The van der Waals surface area contributed by atoms with Crippen LogP contribution in [0.3, 0.4) is 0 Å². The van der Waals surface area contributed by atoms with Gasteiger partial charge in [0, 0.05) is 6.54 Å². The second kappa shape index (κ2) is 5.45. The van der Waals surface area contributed by atoms with E-state index in [9.17, 15) is 0 Å². The quantitative estimate of drug-likeness (QED) is 0.917. The number of aryl methyl sites for hydroxylation is 1. The molecule has 1 unspecified atom stereocenters. The van der Waals surface area contributed by atoms with Crippen molar-refractivity contribution in [2.45, 2.75) is 25.9 Å². The molecule has 1 fully saturated rings. The van der Waals surface area contributed by atoms with Gasteiger partial charge in [-0.1, -0.05) is 17.7 Å². The van der Waals surface area contributed by atoms with Crippen LogP contribution in [0.2, 0.25) is 0 Å². The first-order valence-corrected chi connectivity index (χ1v) is 6.80. The maximum Gasteiger partial charge on any atom is 0.158 e. The van der Waals surface area contributed by atoms with E-state index in [2.05, 4.69) is 41.6 Å². The number of hydrogen-bond acceptors (Lipinski definition) is 3. The van der Waals surface area contributed by atoms with Crippen molar-refractivity contribution in [3.8, 4) is 11.4 Å².